The van der Waals surface area contributed by atoms with E-state index in [0.29, 0.717) is 5.69 Å². The highest BCUT2D eigenvalue weighted by atomic mass is 32.2. The molecule has 7 nitrogen and oxygen atoms in total. The molecule has 27 heavy (non-hydrogen) atoms. The maximum atomic E-state index is 12.5. The molecule has 2 heterocycles. The lowest BCUT2D eigenvalue weighted by molar-refractivity contribution is 0.0600. The van der Waals surface area contributed by atoms with E-state index in [1.807, 2.05) is 18.2 Å². The minimum Gasteiger partial charge on any atom is -0.465 e. The Bertz CT molecular complexity index is 1040. The summed E-state index contributed by atoms with van der Waals surface area (Å²) in [4.78, 5) is 19.8. The fraction of sp³-hybridized carbons (Fsp3) is 0.105. The predicted octanol–water partition coefficient (Wildman–Crippen LogP) is 2.41. The van der Waals surface area contributed by atoms with Gasteiger partial charge in [0.2, 0.25) is 10.0 Å². The van der Waals surface area contributed by atoms with Gasteiger partial charge < -0.3 is 4.74 Å². The van der Waals surface area contributed by atoms with E-state index in [9.17, 15) is 13.2 Å². The van der Waals surface area contributed by atoms with Crippen molar-refractivity contribution in [1.29, 1.82) is 0 Å². The van der Waals surface area contributed by atoms with Crippen LogP contribution in [0.25, 0.3) is 11.3 Å². The highest BCUT2D eigenvalue weighted by Crippen LogP contribution is 2.21. The minimum absolute atomic E-state index is 0.0597. The zero-order valence-corrected chi connectivity index (χ0v) is 15.3. The Kier molecular flexibility index (Phi) is 5.58. The van der Waals surface area contributed by atoms with Crippen molar-refractivity contribution in [2.75, 3.05) is 7.11 Å². The van der Waals surface area contributed by atoms with Crippen LogP contribution in [0.3, 0.4) is 0 Å². The molecule has 0 fully saturated rings. The number of sulfonamides is 1. The first-order chi connectivity index (χ1) is 13.0. The second-order valence-electron chi connectivity index (χ2n) is 5.59. The van der Waals surface area contributed by atoms with Crippen LogP contribution in [0.5, 0.6) is 0 Å². The average Bonchev–Trinajstić information content (AvgIpc) is 2.72. The van der Waals surface area contributed by atoms with Gasteiger partial charge in [-0.25, -0.2) is 17.9 Å². The Morgan fingerprint density at radius 1 is 1.04 bits per heavy atom. The van der Waals surface area contributed by atoms with E-state index in [4.69, 9.17) is 0 Å². The average molecular weight is 383 g/mol. The van der Waals surface area contributed by atoms with E-state index in [1.165, 1.54) is 31.4 Å². The van der Waals surface area contributed by atoms with Crippen LogP contribution in [0.4, 0.5) is 0 Å². The number of carbonyl (C=O) groups excluding carboxylic acids is 1. The molecule has 0 spiro atoms. The Balaban J connectivity index is 1.80. The van der Waals surface area contributed by atoms with Gasteiger partial charge >= 0.3 is 5.97 Å². The van der Waals surface area contributed by atoms with E-state index in [-0.39, 0.29) is 17.0 Å². The monoisotopic (exact) mass is 383 g/mol. The van der Waals surface area contributed by atoms with Crippen molar-refractivity contribution in [3.63, 3.8) is 0 Å². The van der Waals surface area contributed by atoms with Gasteiger partial charge in [-0.05, 0) is 48.0 Å². The van der Waals surface area contributed by atoms with Crippen molar-refractivity contribution in [3.05, 3.63) is 78.2 Å². The van der Waals surface area contributed by atoms with Crippen LogP contribution in [-0.4, -0.2) is 31.5 Å². The first-order valence-electron chi connectivity index (χ1n) is 8.03. The summed E-state index contributed by atoms with van der Waals surface area (Å²) in [5.74, 6) is -0.524. The second kappa shape index (κ2) is 8.07. The number of methoxy groups -OCH3 is 1. The molecule has 0 aliphatic heterocycles. The van der Waals surface area contributed by atoms with E-state index in [0.717, 1.165) is 11.1 Å². The molecule has 0 unspecified atom stereocenters. The smallest absolute Gasteiger partial charge is 0.337 e. The minimum atomic E-state index is -3.75. The molecule has 0 aliphatic rings. The number of benzene rings is 1. The third-order valence-electron chi connectivity index (χ3n) is 3.88. The number of ether oxygens (including phenoxy) is 1. The number of pyridine rings is 2. The molecule has 138 valence electrons. The summed E-state index contributed by atoms with van der Waals surface area (Å²) in [6, 6.07) is 12.7. The first-order valence-corrected chi connectivity index (χ1v) is 9.52. The summed E-state index contributed by atoms with van der Waals surface area (Å²) >= 11 is 0. The summed E-state index contributed by atoms with van der Waals surface area (Å²) in [5.41, 5.74) is 2.55. The second-order valence-corrected chi connectivity index (χ2v) is 7.35. The van der Waals surface area contributed by atoms with Gasteiger partial charge in [0.1, 0.15) is 0 Å². The van der Waals surface area contributed by atoms with E-state index in [2.05, 4.69) is 19.4 Å². The number of carbonyl (C=O) groups is 1. The summed E-state index contributed by atoms with van der Waals surface area (Å²) in [7, 11) is -2.48. The SMILES string of the molecule is COC(=O)c1ccc(S(=O)(=O)NCc2cccnc2-c2ccncc2)cc1. The molecule has 2 aromatic heterocycles. The van der Waals surface area contributed by atoms with Gasteiger partial charge in [-0.1, -0.05) is 6.07 Å². The number of rotatable bonds is 6. The fourth-order valence-electron chi connectivity index (χ4n) is 2.50. The van der Waals surface area contributed by atoms with Gasteiger partial charge in [0.25, 0.3) is 0 Å². The van der Waals surface area contributed by atoms with Gasteiger partial charge in [0.15, 0.2) is 0 Å². The molecular formula is C19H17N3O4S. The maximum absolute atomic E-state index is 12.5. The quantitative estimate of drug-likeness (QED) is 0.657. The molecule has 0 amide bonds. The Morgan fingerprint density at radius 2 is 1.74 bits per heavy atom. The molecule has 1 N–H and O–H groups in total. The molecule has 0 radical (unpaired) electrons. The highest BCUT2D eigenvalue weighted by Gasteiger charge is 2.16. The van der Waals surface area contributed by atoms with Crippen LogP contribution in [0.2, 0.25) is 0 Å². The molecule has 1 aromatic carbocycles. The van der Waals surface area contributed by atoms with E-state index < -0.39 is 16.0 Å². The lowest BCUT2D eigenvalue weighted by atomic mass is 10.1. The van der Waals surface area contributed by atoms with Gasteiger partial charge in [0, 0.05) is 30.7 Å². The number of nitrogens with one attached hydrogen (secondary N) is 1. The van der Waals surface area contributed by atoms with Crippen molar-refractivity contribution < 1.29 is 17.9 Å². The molecule has 0 saturated carbocycles. The van der Waals surface area contributed by atoms with Crippen molar-refractivity contribution in [2.24, 2.45) is 0 Å². The first kappa shape index (κ1) is 18.7. The number of aromatic nitrogens is 2. The summed E-state index contributed by atoms with van der Waals surface area (Å²) in [6.07, 6.45) is 4.96. The molecule has 0 atom stereocenters. The number of hydrogen-bond donors (Lipinski definition) is 1. The topological polar surface area (TPSA) is 98.2 Å². The maximum Gasteiger partial charge on any atom is 0.337 e. The molecule has 3 rings (SSSR count). The van der Waals surface area contributed by atoms with Gasteiger partial charge in [0.05, 0.1) is 23.3 Å². The third kappa shape index (κ3) is 4.36. The van der Waals surface area contributed by atoms with Crippen molar-refractivity contribution in [2.45, 2.75) is 11.4 Å². The van der Waals surface area contributed by atoms with E-state index >= 15 is 0 Å². The molecule has 0 aliphatic carbocycles. The molecule has 0 saturated heterocycles. The van der Waals surface area contributed by atoms with Crippen molar-refractivity contribution in [3.8, 4) is 11.3 Å². The van der Waals surface area contributed by atoms with Gasteiger partial charge in [-0.3, -0.25) is 9.97 Å². The van der Waals surface area contributed by atoms with Crippen molar-refractivity contribution >= 4 is 16.0 Å². The van der Waals surface area contributed by atoms with Crippen LogP contribution in [0, 0.1) is 0 Å². The van der Waals surface area contributed by atoms with Crippen molar-refractivity contribution in [1.82, 2.24) is 14.7 Å². The van der Waals surface area contributed by atoms with Gasteiger partial charge in [-0.2, -0.15) is 0 Å². The summed E-state index contributed by atoms with van der Waals surface area (Å²) in [5, 5.41) is 0. The molecule has 3 aromatic rings. The van der Waals surface area contributed by atoms with Crippen LogP contribution in [0.15, 0.2) is 72.0 Å². The zero-order chi connectivity index (χ0) is 19.3. The van der Waals surface area contributed by atoms with Crippen LogP contribution in [0.1, 0.15) is 15.9 Å². The normalized spacial score (nSPS) is 11.1. The number of nitrogens with zero attached hydrogens (tertiary/aromatic N) is 2. The van der Waals surface area contributed by atoms with Crippen LogP contribution >= 0.6 is 0 Å². The lowest BCUT2D eigenvalue weighted by Gasteiger charge is -2.11. The summed E-state index contributed by atoms with van der Waals surface area (Å²) < 4.78 is 32.3. The zero-order valence-electron chi connectivity index (χ0n) is 14.5. The largest absolute Gasteiger partial charge is 0.465 e. The molecule has 0 bridgehead atoms. The molecule has 8 heteroatoms. The van der Waals surface area contributed by atoms with Gasteiger partial charge in [-0.15, -0.1) is 0 Å². The third-order valence-corrected chi connectivity index (χ3v) is 5.30. The Hall–Kier alpha value is -3.10. The number of hydrogen-bond acceptors (Lipinski definition) is 6. The fourth-order valence-corrected chi connectivity index (χ4v) is 3.50. The van der Waals surface area contributed by atoms with Crippen LogP contribution < -0.4 is 4.72 Å². The highest BCUT2D eigenvalue weighted by molar-refractivity contribution is 7.89. The van der Waals surface area contributed by atoms with Crippen LogP contribution in [-0.2, 0) is 21.3 Å². The summed E-state index contributed by atoms with van der Waals surface area (Å²) in [6.45, 7) is 0.0760. The lowest BCUT2D eigenvalue weighted by Crippen LogP contribution is -2.23. The predicted molar refractivity (Wildman–Crippen MR) is 99.3 cm³/mol. The van der Waals surface area contributed by atoms with E-state index in [1.54, 1.807) is 24.7 Å². The number of esters is 1. The Morgan fingerprint density at radius 3 is 2.41 bits per heavy atom. The Labute approximate surface area is 157 Å². The molecular weight excluding hydrogens is 366 g/mol. The standard InChI is InChI=1S/C19H17N3O4S/c1-26-19(23)15-4-6-17(7-5-15)27(24,25)22-13-16-3-2-10-21-18(16)14-8-11-20-12-9-14/h2-12,22H,13H2,1H3.